The molecule has 0 bridgehead atoms. The normalized spacial score (nSPS) is 14.4. The van der Waals surface area contributed by atoms with Gasteiger partial charge in [-0.05, 0) is 36.3 Å². The molecule has 27 heavy (non-hydrogen) atoms. The average Bonchev–Trinajstić information content (AvgIpc) is 3.17. The molecule has 1 aromatic heterocycles. The van der Waals surface area contributed by atoms with Crippen LogP contribution in [-0.2, 0) is 11.2 Å². The van der Waals surface area contributed by atoms with Crippen LogP contribution in [0.3, 0.4) is 0 Å². The van der Waals surface area contributed by atoms with E-state index in [2.05, 4.69) is 54.0 Å². The van der Waals surface area contributed by atoms with Gasteiger partial charge in [-0.25, -0.2) is 0 Å². The second-order valence-corrected chi connectivity index (χ2v) is 8.42. The van der Waals surface area contributed by atoms with Crippen molar-refractivity contribution in [2.24, 2.45) is 5.92 Å². The molecule has 2 atom stereocenters. The van der Waals surface area contributed by atoms with E-state index in [0.29, 0.717) is 0 Å². The molecule has 1 heterocycles. The highest BCUT2D eigenvalue weighted by Gasteiger charge is 2.31. The van der Waals surface area contributed by atoms with E-state index in [1.165, 1.54) is 16.0 Å². The summed E-state index contributed by atoms with van der Waals surface area (Å²) in [5.74, 6) is -0.0671. The monoisotopic (exact) mass is 384 g/mol. The van der Waals surface area contributed by atoms with Gasteiger partial charge in [0.05, 0.1) is 10.9 Å². The van der Waals surface area contributed by atoms with Crippen LogP contribution in [0.15, 0.2) is 41.8 Å². The van der Waals surface area contributed by atoms with Gasteiger partial charge in [-0.3, -0.25) is 4.79 Å². The van der Waals surface area contributed by atoms with Crippen molar-refractivity contribution >= 4 is 17.2 Å². The largest absolute Gasteiger partial charge is 0.333 e. The first-order chi connectivity index (χ1) is 12.9. The fourth-order valence-electron chi connectivity index (χ4n) is 2.93. The van der Waals surface area contributed by atoms with Gasteiger partial charge in [-0.2, -0.15) is 5.26 Å². The maximum absolute atomic E-state index is 12.5. The molecule has 0 saturated heterocycles. The fraction of sp³-hybridized carbons (Fsp3) is 0.455. The van der Waals surface area contributed by atoms with Crippen molar-refractivity contribution < 1.29 is 10.1 Å². The molecule has 1 aromatic carbocycles. The zero-order valence-corrected chi connectivity index (χ0v) is 17.5. The molecule has 0 aliphatic carbocycles. The van der Waals surface area contributed by atoms with Gasteiger partial charge in [-0.1, -0.05) is 57.5 Å². The van der Waals surface area contributed by atoms with Gasteiger partial charge in [-0.15, -0.1) is 11.3 Å². The minimum Gasteiger partial charge on any atom is -0.333 e. The first kappa shape index (κ1) is 21.1. The number of rotatable bonds is 9. The van der Waals surface area contributed by atoms with Crippen LogP contribution < -0.4 is 10.6 Å². The lowest BCUT2D eigenvalue weighted by atomic mass is 9.90. The third-order valence-electron chi connectivity index (χ3n) is 5.05. The lowest BCUT2D eigenvalue weighted by Gasteiger charge is -2.27. The van der Waals surface area contributed by atoms with E-state index in [4.69, 9.17) is 0 Å². The first-order valence-corrected chi connectivity index (χ1v) is 10.5. The Morgan fingerprint density at radius 2 is 2.00 bits per heavy atom. The van der Waals surface area contributed by atoms with Gasteiger partial charge in [0.1, 0.15) is 11.6 Å². The summed E-state index contributed by atoms with van der Waals surface area (Å²) in [5.41, 5.74) is 1.69. The van der Waals surface area contributed by atoms with Crippen LogP contribution in [0.1, 0.15) is 56.2 Å². The summed E-state index contributed by atoms with van der Waals surface area (Å²) >= 11 is 1.70. The smallest absolute Gasteiger partial charge is 0.276 e. The number of nitrogens with zero attached hydrogens (tertiary/aromatic N) is 1. The van der Waals surface area contributed by atoms with E-state index < -0.39 is 5.54 Å². The molecule has 5 heteroatoms. The molecular weight excluding hydrogens is 354 g/mol. The Labute approximate surface area is 166 Å². The van der Waals surface area contributed by atoms with Crippen LogP contribution in [0.5, 0.6) is 0 Å². The minimum absolute atomic E-state index is 0.0469. The van der Waals surface area contributed by atoms with Crippen molar-refractivity contribution in [3.63, 3.8) is 0 Å². The number of carbonyl (C=O) groups excluding carboxylic acids is 1. The zero-order valence-electron chi connectivity index (χ0n) is 16.7. The summed E-state index contributed by atoms with van der Waals surface area (Å²) < 4.78 is 0. The van der Waals surface area contributed by atoms with Gasteiger partial charge in [0, 0.05) is 5.56 Å². The second-order valence-electron chi connectivity index (χ2n) is 7.44. The quantitative estimate of drug-likeness (QED) is 0.696. The van der Waals surface area contributed by atoms with Crippen molar-refractivity contribution in [3.05, 3.63) is 57.8 Å². The Balaban J connectivity index is 2.10. The number of benzene rings is 1. The van der Waals surface area contributed by atoms with E-state index in [1.54, 1.807) is 18.3 Å². The summed E-state index contributed by atoms with van der Waals surface area (Å²) in [6.07, 6.45) is 2.21. The maximum Gasteiger partial charge on any atom is 0.276 e. The highest BCUT2D eigenvalue weighted by molar-refractivity contribution is 7.10. The number of amides is 1. The number of nitrogens with one attached hydrogen (secondary N) is 1. The molecule has 0 spiro atoms. The highest BCUT2D eigenvalue weighted by atomic mass is 32.1. The van der Waals surface area contributed by atoms with Crippen molar-refractivity contribution in [2.45, 2.75) is 52.1 Å². The Hall–Kier alpha value is -2.16. The number of carbonyl (C=O) groups is 1. The van der Waals surface area contributed by atoms with Crippen LogP contribution in [0, 0.1) is 17.2 Å². The van der Waals surface area contributed by atoms with Crippen LogP contribution in [0.2, 0.25) is 0 Å². The lowest BCUT2D eigenvalue weighted by Crippen LogP contribution is -2.88. The van der Waals surface area contributed by atoms with Crippen LogP contribution in [-0.4, -0.2) is 18.0 Å². The Kier molecular flexibility index (Phi) is 7.58. The van der Waals surface area contributed by atoms with E-state index in [-0.39, 0.29) is 24.4 Å². The maximum atomic E-state index is 12.5. The molecule has 1 amide bonds. The molecule has 0 saturated carbocycles. The van der Waals surface area contributed by atoms with Crippen molar-refractivity contribution in [1.82, 2.24) is 5.32 Å². The SMILES string of the molecule is CCCc1ccc([C@H]([NH2+]CC(=O)N[C@](C)(C#N)C(C)C)c2cccs2)cc1. The molecule has 4 nitrogen and oxygen atoms in total. The third-order valence-corrected chi connectivity index (χ3v) is 6.01. The third kappa shape index (κ3) is 5.66. The second kappa shape index (κ2) is 9.68. The first-order valence-electron chi connectivity index (χ1n) is 9.57. The Morgan fingerprint density at radius 1 is 1.30 bits per heavy atom. The van der Waals surface area contributed by atoms with Gasteiger partial charge < -0.3 is 10.6 Å². The Bertz CT molecular complexity index is 762. The summed E-state index contributed by atoms with van der Waals surface area (Å²) in [7, 11) is 0. The number of hydrogen-bond acceptors (Lipinski definition) is 3. The highest BCUT2D eigenvalue weighted by Crippen LogP contribution is 2.23. The molecule has 0 radical (unpaired) electrons. The van der Waals surface area contributed by atoms with E-state index >= 15 is 0 Å². The van der Waals surface area contributed by atoms with Gasteiger partial charge >= 0.3 is 0 Å². The number of nitrogens with two attached hydrogens (primary N) is 1. The molecule has 0 aliphatic heterocycles. The minimum atomic E-state index is -0.842. The predicted octanol–water partition coefficient (Wildman–Crippen LogP) is 3.41. The molecule has 0 unspecified atom stereocenters. The van der Waals surface area contributed by atoms with E-state index in [9.17, 15) is 10.1 Å². The summed E-state index contributed by atoms with van der Waals surface area (Å²) in [4.78, 5) is 13.7. The number of thiophene rings is 1. The van der Waals surface area contributed by atoms with E-state index in [1.807, 2.05) is 25.2 Å². The average molecular weight is 385 g/mol. The van der Waals surface area contributed by atoms with Gasteiger partial charge in [0.25, 0.3) is 5.91 Å². The predicted molar refractivity (Wildman–Crippen MR) is 110 cm³/mol. The van der Waals surface area contributed by atoms with E-state index in [0.717, 1.165) is 12.8 Å². The molecule has 0 fully saturated rings. The standard InChI is InChI=1S/C22H29N3OS/c1-5-7-17-9-11-18(12-10-17)21(19-8-6-13-27-19)24-14-20(26)25-22(4,15-23)16(2)3/h6,8-13,16,21,24H,5,7,14H2,1-4H3,(H,25,26)/p+1/t21-,22+/m0/s1. The van der Waals surface area contributed by atoms with Gasteiger partial charge in [0.15, 0.2) is 6.54 Å². The van der Waals surface area contributed by atoms with Crippen LogP contribution in [0.4, 0.5) is 0 Å². The number of hydrogen-bond donors (Lipinski definition) is 2. The number of nitriles is 1. The van der Waals surface area contributed by atoms with Gasteiger partial charge in [0.2, 0.25) is 0 Å². The molecule has 2 rings (SSSR count). The van der Waals surface area contributed by atoms with Crippen molar-refractivity contribution in [2.75, 3.05) is 6.54 Å². The molecule has 2 aromatic rings. The summed E-state index contributed by atoms with van der Waals surface area (Å²) in [6.45, 7) is 8.13. The molecule has 0 aliphatic rings. The fourth-order valence-corrected chi connectivity index (χ4v) is 3.78. The Morgan fingerprint density at radius 3 is 2.52 bits per heavy atom. The van der Waals surface area contributed by atoms with Crippen molar-refractivity contribution in [3.8, 4) is 6.07 Å². The van der Waals surface area contributed by atoms with Crippen LogP contribution >= 0.6 is 11.3 Å². The topological polar surface area (TPSA) is 69.5 Å². The molecular formula is C22H30N3OS+. The summed E-state index contributed by atoms with van der Waals surface area (Å²) in [6, 6.07) is 15.1. The molecule has 144 valence electrons. The number of quaternary nitrogens is 1. The van der Waals surface area contributed by atoms with Crippen molar-refractivity contribution in [1.29, 1.82) is 5.26 Å². The summed E-state index contributed by atoms with van der Waals surface area (Å²) in [5, 5.41) is 16.4. The molecule has 3 N–H and O–H groups in total. The lowest BCUT2D eigenvalue weighted by molar-refractivity contribution is -0.676. The van der Waals surface area contributed by atoms with Crippen LogP contribution in [0.25, 0.3) is 0 Å². The number of aryl methyl sites for hydroxylation is 1. The zero-order chi connectivity index (χ0) is 19.9.